The van der Waals surface area contributed by atoms with Gasteiger partial charge in [0.1, 0.15) is 6.54 Å². The summed E-state index contributed by atoms with van der Waals surface area (Å²) >= 11 is 0. The summed E-state index contributed by atoms with van der Waals surface area (Å²) in [6.45, 7) is 4.82. The predicted octanol–water partition coefficient (Wildman–Crippen LogP) is 2.32. The van der Waals surface area contributed by atoms with Crippen LogP contribution in [-0.4, -0.2) is 41.7 Å². The van der Waals surface area contributed by atoms with Gasteiger partial charge in [0.05, 0.1) is 17.2 Å². The summed E-state index contributed by atoms with van der Waals surface area (Å²) in [5, 5.41) is 2.76. The lowest BCUT2D eigenvalue weighted by molar-refractivity contribution is -0.148. The summed E-state index contributed by atoms with van der Waals surface area (Å²) in [7, 11) is 0. The van der Waals surface area contributed by atoms with Crippen LogP contribution in [0.5, 0.6) is 0 Å². The number of rotatable bonds is 6. The van der Waals surface area contributed by atoms with Gasteiger partial charge in [-0.2, -0.15) is 0 Å². The molecule has 1 N–H and O–H groups in total. The van der Waals surface area contributed by atoms with Gasteiger partial charge in [0.2, 0.25) is 0 Å². The number of benzene rings is 2. The summed E-state index contributed by atoms with van der Waals surface area (Å²) in [5.41, 5.74) is 3.74. The molecule has 3 rings (SSSR count). The van der Waals surface area contributed by atoms with Gasteiger partial charge in [0, 0.05) is 0 Å². The maximum atomic E-state index is 12.3. The minimum absolute atomic E-state index is 0.253. The first-order valence-electron chi connectivity index (χ1n) is 9.25. The van der Waals surface area contributed by atoms with E-state index in [1.54, 1.807) is 12.1 Å². The summed E-state index contributed by atoms with van der Waals surface area (Å²) < 4.78 is 4.94. The summed E-state index contributed by atoms with van der Waals surface area (Å²) in [6, 6.07) is 12.0. The zero-order valence-electron chi connectivity index (χ0n) is 16.5. The van der Waals surface area contributed by atoms with E-state index in [9.17, 15) is 19.2 Å². The Hall–Kier alpha value is -3.48. The van der Waals surface area contributed by atoms with Crippen molar-refractivity contribution in [3.63, 3.8) is 0 Å². The first kappa shape index (κ1) is 20.3. The molecule has 1 aliphatic rings. The van der Waals surface area contributed by atoms with Gasteiger partial charge in [-0.25, -0.2) is 0 Å². The van der Waals surface area contributed by atoms with Crippen molar-refractivity contribution >= 4 is 23.7 Å². The third-order valence-electron chi connectivity index (χ3n) is 4.94. The molecule has 0 bridgehead atoms. The van der Waals surface area contributed by atoms with Crippen molar-refractivity contribution < 1.29 is 23.9 Å². The van der Waals surface area contributed by atoms with E-state index in [0.29, 0.717) is 0 Å². The Morgan fingerprint density at radius 1 is 1.00 bits per heavy atom. The second kappa shape index (κ2) is 8.26. The summed E-state index contributed by atoms with van der Waals surface area (Å²) in [5.74, 6) is -2.38. The smallest absolute Gasteiger partial charge is 0.326 e. The second-order valence-corrected chi connectivity index (χ2v) is 7.04. The number of ether oxygens (including phenoxy) is 1. The van der Waals surface area contributed by atoms with Crippen molar-refractivity contribution in [2.45, 2.75) is 26.8 Å². The zero-order chi connectivity index (χ0) is 21.1. The van der Waals surface area contributed by atoms with Gasteiger partial charge in [0.25, 0.3) is 17.7 Å². The molecule has 7 heteroatoms. The Balaban J connectivity index is 1.50. The van der Waals surface area contributed by atoms with Crippen molar-refractivity contribution in [2.75, 3.05) is 13.2 Å². The fourth-order valence-electron chi connectivity index (χ4n) is 3.10. The number of fused-ring (bicyclic) bond motifs is 1. The normalized spacial score (nSPS) is 13.8. The molecule has 0 saturated carbocycles. The molecule has 29 heavy (non-hydrogen) atoms. The van der Waals surface area contributed by atoms with Crippen molar-refractivity contribution in [1.82, 2.24) is 10.2 Å². The number of nitrogens with one attached hydrogen (secondary N) is 1. The number of hydrogen-bond acceptors (Lipinski definition) is 5. The average molecular weight is 394 g/mol. The lowest BCUT2D eigenvalue weighted by Crippen LogP contribution is -2.37. The Morgan fingerprint density at radius 3 is 2.21 bits per heavy atom. The molecule has 2 aromatic carbocycles. The molecule has 1 aliphatic heterocycles. The van der Waals surface area contributed by atoms with Crippen LogP contribution in [0.2, 0.25) is 0 Å². The average Bonchev–Trinajstić information content (AvgIpc) is 2.93. The van der Waals surface area contributed by atoms with E-state index in [1.165, 1.54) is 12.1 Å². The zero-order valence-corrected chi connectivity index (χ0v) is 16.5. The molecular weight excluding hydrogens is 372 g/mol. The highest BCUT2D eigenvalue weighted by Gasteiger charge is 2.36. The Kier molecular flexibility index (Phi) is 5.77. The molecule has 150 valence electrons. The lowest BCUT2D eigenvalue weighted by Gasteiger charge is -2.16. The highest BCUT2D eigenvalue weighted by atomic mass is 16.5. The van der Waals surface area contributed by atoms with Gasteiger partial charge in [0.15, 0.2) is 6.61 Å². The number of carbonyl (C=O) groups is 4. The predicted molar refractivity (Wildman–Crippen MR) is 105 cm³/mol. The SMILES string of the molecule is Cc1ccc([C@@H](C)NC(=O)COC(=O)CN2C(=O)c3ccccc3C2=O)cc1C. The Bertz CT molecular complexity index is 963. The molecule has 0 radical (unpaired) electrons. The van der Waals surface area contributed by atoms with Crippen LogP contribution >= 0.6 is 0 Å². The third-order valence-corrected chi connectivity index (χ3v) is 4.94. The highest BCUT2D eigenvalue weighted by Crippen LogP contribution is 2.22. The maximum absolute atomic E-state index is 12.3. The van der Waals surface area contributed by atoms with Crippen LogP contribution in [0.4, 0.5) is 0 Å². The number of aryl methyl sites for hydroxylation is 2. The third kappa shape index (κ3) is 4.34. The molecule has 2 aromatic rings. The standard InChI is InChI=1S/C22H22N2O5/c1-13-8-9-16(10-14(13)2)15(3)23-19(25)12-29-20(26)11-24-21(27)17-6-4-5-7-18(17)22(24)28/h4-10,15H,11-12H2,1-3H3,(H,23,25)/t15-/m1/s1. The van der Waals surface area contributed by atoms with Crippen LogP contribution in [0.25, 0.3) is 0 Å². The highest BCUT2D eigenvalue weighted by molar-refractivity contribution is 6.22. The van der Waals surface area contributed by atoms with Crippen LogP contribution in [0.15, 0.2) is 42.5 Å². The van der Waals surface area contributed by atoms with E-state index < -0.39 is 36.8 Å². The first-order chi connectivity index (χ1) is 13.8. The monoisotopic (exact) mass is 394 g/mol. The lowest BCUT2D eigenvalue weighted by atomic mass is 10.0. The molecule has 0 aliphatic carbocycles. The van der Waals surface area contributed by atoms with E-state index in [1.807, 2.05) is 39.0 Å². The number of imide groups is 1. The van der Waals surface area contributed by atoms with E-state index >= 15 is 0 Å². The second-order valence-electron chi connectivity index (χ2n) is 7.04. The van der Waals surface area contributed by atoms with Crippen molar-refractivity contribution in [1.29, 1.82) is 0 Å². The molecule has 0 spiro atoms. The molecule has 0 fully saturated rings. The number of nitrogens with zero attached hydrogens (tertiary/aromatic N) is 1. The van der Waals surface area contributed by atoms with E-state index in [4.69, 9.17) is 4.74 Å². The van der Waals surface area contributed by atoms with Crippen LogP contribution in [0.3, 0.4) is 0 Å². The summed E-state index contributed by atoms with van der Waals surface area (Å²) in [4.78, 5) is 49.5. The largest absolute Gasteiger partial charge is 0.454 e. The van der Waals surface area contributed by atoms with Gasteiger partial charge in [-0.05, 0) is 49.6 Å². The number of carbonyl (C=O) groups excluding carboxylic acids is 4. The van der Waals surface area contributed by atoms with Crippen LogP contribution in [0.1, 0.15) is 50.4 Å². The molecule has 3 amide bonds. The van der Waals surface area contributed by atoms with Crippen LogP contribution in [-0.2, 0) is 14.3 Å². The Labute approximate surface area is 168 Å². The fraction of sp³-hybridized carbons (Fsp3) is 0.273. The van der Waals surface area contributed by atoms with E-state index in [-0.39, 0.29) is 17.2 Å². The molecular formula is C22H22N2O5. The van der Waals surface area contributed by atoms with Crippen LogP contribution in [0, 0.1) is 13.8 Å². The number of amides is 3. The van der Waals surface area contributed by atoms with Gasteiger partial charge in [-0.3, -0.25) is 24.1 Å². The van der Waals surface area contributed by atoms with Crippen molar-refractivity contribution in [3.05, 3.63) is 70.3 Å². The van der Waals surface area contributed by atoms with Gasteiger partial charge < -0.3 is 10.1 Å². The quantitative estimate of drug-likeness (QED) is 0.600. The number of hydrogen-bond donors (Lipinski definition) is 1. The topological polar surface area (TPSA) is 92.8 Å². The van der Waals surface area contributed by atoms with E-state index in [2.05, 4.69) is 5.32 Å². The molecule has 1 heterocycles. The number of esters is 1. The molecule has 0 unspecified atom stereocenters. The van der Waals surface area contributed by atoms with Gasteiger partial charge >= 0.3 is 5.97 Å². The fourth-order valence-corrected chi connectivity index (χ4v) is 3.10. The Morgan fingerprint density at radius 2 is 1.62 bits per heavy atom. The molecule has 0 saturated heterocycles. The molecule has 1 atom stereocenters. The minimum Gasteiger partial charge on any atom is -0.454 e. The van der Waals surface area contributed by atoms with Gasteiger partial charge in [-0.15, -0.1) is 0 Å². The van der Waals surface area contributed by atoms with Crippen LogP contribution < -0.4 is 5.32 Å². The molecule has 7 nitrogen and oxygen atoms in total. The van der Waals surface area contributed by atoms with Gasteiger partial charge in [-0.1, -0.05) is 30.3 Å². The van der Waals surface area contributed by atoms with E-state index in [0.717, 1.165) is 21.6 Å². The van der Waals surface area contributed by atoms with Crippen molar-refractivity contribution in [2.24, 2.45) is 0 Å². The first-order valence-corrected chi connectivity index (χ1v) is 9.25. The summed E-state index contributed by atoms with van der Waals surface area (Å²) in [6.07, 6.45) is 0. The van der Waals surface area contributed by atoms with Crippen molar-refractivity contribution in [3.8, 4) is 0 Å². The maximum Gasteiger partial charge on any atom is 0.326 e. The minimum atomic E-state index is -0.825. The molecule has 0 aromatic heterocycles.